The van der Waals surface area contributed by atoms with Gasteiger partial charge in [0.15, 0.2) is 0 Å². The Morgan fingerprint density at radius 3 is 2.52 bits per heavy atom. The first-order valence-corrected chi connectivity index (χ1v) is 8.33. The van der Waals surface area contributed by atoms with E-state index in [2.05, 4.69) is 39.2 Å². The zero-order valence-electron chi connectivity index (χ0n) is 13.8. The highest BCUT2D eigenvalue weighted by Gasteiger charge is 2.18. The van der Waals surface area contributed by atoms with E-state index >= 15 is 0 Å². The van der Waals surface area contributed by atoms with Crippen molar-refractivity contribution in [2.24, 2.45) is 0 Å². The van der Waals surface area contributed by atoms with E-state index in [1.165, 1.54) is 11.8 Å². The van der Waals surface area contributed by atoms with Crippen LogP contribution in [0.2, 0.25) is 0 Å². The highest BCUT2D eigenvalue weighted by atomic mass is 16.6. The molecular weight excluding hydrogens is 318 g/mol. The summed E-state index contributed by atoms with van der Waals surface area (Å²) >= 11 is 0. The molecule has 2 heterocycles. The van der Waals surface area contributed by atoms with E-state index < -0.39 is 0 Å². The van der Waals surface area contributed by atoms with Gasteiger partial charge < -0.3 is 4.90 Å². The summed E-state index contributed by atoms with van der Waals surface area (Å²) in [6.45, 7) is 4.58. The summed E-state index contributed by atoms with van der Waals surface area (Å²) in [5, 5.41) is 16.1. The number of hydrogen-bond acceptors (Lipinski definition) is 5. The maximum Gasteiger partial charge on any atom is 0.270 e. The number of hydrogen-bond donors (Lipinski definition) is 0. The molecule has 4 rings (SSSR count). The Bertz CT molecular complexity index is 885. The second kappa shape index (κ2) is 6.52. The molecule has 0 radical (unpaired) electrons. The fraction of sp³-hybridized carbons (Fsp3) is 0.278. The Balaban J connectivity index is 1.43. The maximum absolute atomic E-state index is 10.9. The molecule has 0 unspecified atom stereocenters. The van der Waals surface area contributed by atoms with Crippen LogP contribution < -0.4 is 4.90 Å². The zero-order chi connectivity index (χ0) is 17.2. The van der Waals surface area contributed by atoms with Gasteiger partial charge in [0, 0.05) is 49.4 Å². The number of nitro benzene ring substituents is 1. The zero-order valence-corrected chi connectivity index (χ0v) is 13.8. The van der Waals surface area contributed by atoms with Crippen molar-refractivity contribution in [3.63, 3.8) is 0 Å². The van der Waals surface area contributed by atoms with Gasteiger partial charge in [0.25, 0.3) is 5.69 Å². The molecule has 0 atom stereocenters. The third-order valence-electron chi connectivity index (χ3n) is 4.66. The topological polar surface area (TPSA) is 67.4 Å². The molecule has 0 bridgehead atoms. The summed E-state index contributed by atoms with van der Waals surface area (Å²) in [6, 6.07) is 15.3. The molecular formula is C18H19N5O2. The predicted octanol–water partition coefficient (Wildman–Crippen LogP) is 2.72. The third-order valence-corrected chi connectivity index (χ3v) is 4.66. The van der Waals surface area contributed by atoms with E-state index in [1.807, 2.05) is 10.7 Å². The lowest BCUT2D eigenvalue weighted by Crippen LogP contribution is -2.46. The molecule has 1 aromatic heterocycles. The average Bonchev–Trinajstić information content (AvgIpc) is 3.05. The number of nitrogens with zero attached hydrogens (tertiary/aromatic N) is 5. The molecule has 0 saturated carbocycles. The normalized spacial score (nSPS) is 15.6. The summed E-state index contributed by atoms with van der Waals surface area (Å²) in [4.78, 5) is 15.3. The van der Waals surface area contributed by atoms with Gasteiger partial charge in [0.2, 0.25) is 0 Å². The Hall–Kier alpha value is -2.93. The molecule has 128 valence electrons. The highest BCUT2D eigenvalue weighted by Crippen LogP contribution is 2.21. The molecule has 1 aliphatic rings. The van der Waals surface area contributed by atoms with Gasteiger partial charge in [-0.15, -0.1) is 0 Å². The number of para-hydroxylation sites is 1. The van der Waals surface area contributed by atoms with E-state index in [4.69, 9.17) is 0 Å². The van der Waals surface area contributed by atoms with Gasteiger partial charge in [0.05, 0.1) is 23.3 Å². The highest BCUT2D eigenvalue weighted by molar-refractivity contribution is 5.81. The van der Waals surface area contributed by atoms with Crippen LogP contribution in [-0.4, -0.2) is 45.8 Å². The molecule has 0 N–H and O–H groups in total. The summed E-state index contributed by atoms with van der Waals surface area (Å²) in [5.74, 6) is 0. The third kappa shape index (κ3) is 3.18. The molecule has 1 aliphatic heterocycles. The fourth-order valence-electron chi connectivity index (χ4n) is 3.28. The smallest absolute Gasteiger partial charge is 0.270 e. The largest absolute Gasteiger partial charge is 0.369 e. The monoisotopic (exact) mass is 337 g/mol. The van der Waals surface area contributed by atoms with E-state index in [-0.39, 0.29) is 10.6 Å². The molecule has 1 saturated heterocycles. The van der Waals surface area contributed by atoms with Gasteiger partial charge in [-0.2, -0.15) is 5.10 Å². The summed E-state index contributed by atoms with van der Waals surface area (Å²) in [7, 11) is 0. The SMILES string of the molecule is O=[N+]([O-])c1ccc2c(cnn2CN2CCN(c3ccccc3)CC2)c1. The lowest BCUT2D eigenvalue weighted by molar-refractivity contribution is -0.384. The average molecular weight is 337 g/mol. The summed E-state index contributed by atoms with van der Waals surface area (Å²) in [6.07, 6.45) is 1.70. The van der Waals surface area contributed by atoms with Gasteiger partial charge >= 0.3 is 0 Å². The molecule has 7 heteroatoms. The standard InChI is InChI=1S/C18H19N5O2/c24-23(25)17-6-7-18-15(12-17)13-19-22(18)14-20-8-10-21(11-9-20)16-4-2-1-3-5-16/h1-7,12-13H,8-11,14H2. The van der Waals surface area contributed by atoms with Crippen LogP contribution in [0.1, 0.15) is 0 Å². The van der Waals surface area contributed by atoms with Crippen LogP contribution in [0, 0.1) is 10.1 Å². The minimum atomic E-state index is -0.375. The quantitative estimate of drug-likeness (QED) is 0.541. The summed E-state index contributed by atoms with van der Waals surface area (Å²) in [5.41, 5.74) is 2.29. The number of aromatic nitrogens is 2. The van der Waals surface area contributed by atoms with Crippen molar-refractivity contribution in [2.75, 3.05) is 31.1 Å². The molecule has 0 spiro atoms. The molecule has 0 amide bonds. The number of rotatable bonds is 4. The molecule has 2 aromatic carbocycles. The van der Waals surface area contributed by atoms with Gasteiger partial charge in [-0.25, -0.2) is 0 Å². The van der Waals surface area contributed by atoms with Crippen molar-refractivity contribution in [1.29, 1.82) is 0 Å². The van der Waals surface area contributed by atoms with Gasteiger partial charge in [-0.1, -0.05) is 18.2 Å². The minimum absolute atomic E-state index is 0.100. The van der Waals surface area contributed by atoms with Crippen LogP contribution in [0.15, 0.2) is 54.7 Å². The Kier molecular flexibility index (Phi) is 4.07. The molecule has 1 fully saturated rings. The van der Waals surface area contributed by atoms with E-state index in [0.29, 0.717) is 6.67 Å². The number of piperazine rings is 1. The van der Waals surface area contributed by atoms with E-state index in [9.17, 15) is 10.1 Å². The van der Waals surface area contributed by atoms with Gasteiger partial charge in [-0.05, 0) is 18.2 Å². The first-order chi connectivity index (χ1) is 12.2. The Labute approximate surface area is 145 Å². The van der Waals surface area contributed by atoms with Crippen molar-refractivity contribution in [2.45, 2.75) is 6.67 Å². The van der Waals surface area contributed by atoms with Crippen molar-refractivity contribution in [1.82, 2.24) is 14.7 Å². The lowest BCUT2D eigenvalue weighted by atomic mass is 10.2. The predicted molar refractivity (Wildman–Crippen MR) is 96.6 cm³/mol. The van der Waals surface area contributed by atoms with Crippen LogP contribution in [-0.2, 0) is 6.67 Å². The van der Waals surface area contributed by atoms with Crippen LogP contribution in [0.5, 0.6) is 0 Å². The van der Waals surface area contributed by atoms with E-state index in [0.717, 1.165) is 37.1 Å². The fourth-order valence-corrected chi connectivity index (χ4v) is 3.28. The molecule has 7 nitrogen and oxygen atoms in total. The van der Waals surface area contributed by atoms with Crippen LogP contribution >= 0.6 is 0 Å². The molecule has 3 aromatic rings. The number of benzene rings is 2. The van der Waals surface area contributed by atoms with Crippen molar-refractivity contribution in [3.8, 4) is 0 Å². The van der Waals surface area contributed by atoms with Crippen LogP contribution in [0.25, 0.3) is 10.9 Å². The van der Waals surface area contributed by atoms with Crippen molar-refractivity contribution < 1.29 is 4.92 Å². The van der Waals surface area contributed by atoms with Crippen LogP contribution in [0.4, 0.5) is 11.4 Å². The van der Waals surface area contributed by atoms with Gasteiger partial charge in [-0.3, -0.25) is 19.7 Å². The Morgan fingerprint density at radius 2 is 1.80 bits per heavy atom. The first-order valence-electron chi connectivity index (χ1n) is 8.33. The molecule has 0 aliphatic carbocycles. The number of fused-ring (bicyclic) bond motifs is 1. The van der Waals surface area contributed by atoms with Gasteiger partial charge in [0.1, 0.15) is 0 Å². The second-order valence-corrected chi connectivity index (χ2v) is 6.23. The van der Waals surface area contributed by atoms with Crippen molar-refractivity contribution >= 4 is 22.3 Å². The summed E-state index contributed by atoms with van der Waals surface area (Å²) < 4.78 is 1.91. The lowest BCUT2D eigenvalue weighted by Gasteiger charge is -2.36. The second-order valence-electron chi connectivity index (χ2n) is 6.23. The maximum atomic E-state index is 10.9. The number of nitro groups is 1. The minimum Gasteiger partial charge on any atom is -0.369 e. The Morgan fingerprint density at radius 1 is 1.04 bits per heavy atom. The van der Waals surface area contributed by atoms with Crippen LogP contribution in [0.3, 0.4) is 0 Å². The number of non-ortho nitro benzene ring substituents is 1. The number of anilines is 1. The van der Waals surface area contributed by atoms with E-state index in [1.54, 1.807) is 18.3 Å². The van der Waals surface area contributed by atoms with Crippen molar-refractivity contribution in [3.05, 3.63) is 64.8 Å². The first kappa shape index (κ1) is 15.6. The molecule has 25 heavy (non-hydrogen) atoms.